The van der Waals surface area contributed by atoms with Gasteiger partial charge in [-0.15, -0.1) is 0 Å². The Hall–Kier alpha value is -2.66. The summed E-state index contributed by atoms with van der Waals surface area (Å²) in [6.45, 7) is 0.996. The Bertz CT molecular complexity index is 998. The molecule has 0 aromatic carbocycles. The molecular formula is C18H13F12N3O2. The standard InChI is InChI=1S/C18H13F12N3O2/c1-2-14(35,8-5-11(17(25,26)27)32-12(6-8)18(28,29)30)33-13(34)7-3-9(15(19,20)21)31-10(4-7)16(22,23)24/h3-6,13,33-35H,2H2,1H3. The number of halogens is 12. The molecule has 35 heavy (non-hydrogen) atoms. The Morgan fingerprint density at radius 1 is 0.686 bits per heavy atom. The van der Waals surface area contributed by atoms with Gasteiger partial charge in [0, 0.05) is 5.56 Å². The Morgan fingerprint density at radius 2 is 1.00 bits per heavy atom. The van der Waals surface area contributed by atoms with Crippen LogP contribution in [0.1, 0.15) is 53.5 Å². The summed E-state index contributed by atoms with van der Waals surface area (Å²) in [5, 5.41) is 22.5. The van der Waals surface area contributed by atoms with Gasteiger partial charge < -0.3 is 10.2 Å². The Morgan fingerprint density at radius 3 is 1.29 bits per heavy atom. The number of hydrogen-bond acceptors (Lipinski definition) is 5. The molecule has 5 nitrogen and oxygen atoms in total. The zero-order valence-corrected chi connectivity index (χ0v) is 16.9. The summed E-state index contributed by atoms with van der Waals surface area (Å²) in [6, 6.07) is -0.129. The van der Waals surface area contributed by atoms with Crippen LogP contribution in [0, 0.1) is 0 Å². The second kappa shape index (κ2) is 9.09. The lowest BCUT2D eigenvalue weighted by molar-refractivity contribution is -0.151. The average Bonchev–Trinajstić information content (AvgIpc) is 2.70. The number of aliphatic hydroxyl groups excluding tert-OH is 1. The highest BCUT2D eigenvalue weighted by atomic mass is 19.4. The van der Waals surface area contributed by atoms with Crippen LogP contribution >= 0.6 is 0 Å². The number of alkyl halides is 12. The van der Waals surface area contributed by atoms with E-state index < -0.39 is 77.0 Å². The predicted molar refractivity (Wildman–Crippen MR) is 90.8 cm³/mol. The summed E-state index contributed by atoms with van der Waals surface area (Å²) >= 11 is 0. The van der Waals surface area contributed by atoms with Crippen molar-refractivity contribution in [2.24, 2.45) is 0 Å². The summed E-state index contributed by atoms with van der Waals surface area (Å²) in [5.41, 5.74) is -13.8. The molecule has 0 spiro atoms. The summed E-state index contributed by atoms with van der Waals surface area (Å²) < 4.78 is 156. The quantitative estimate of drug-likeness (QED) is 0.357. The van der Waals surface area contributed by atoms with Crippen LogP contribution in [-0.4, -0.2) is 20.2 Å². The molecule has 0 radical (unpaired) electrons. The molecule has 0 bridgehead atoms. The SMILES string of the molecule is CCC(O)(NC(O)c1cc(C(F)(F)F)nc(C(F)(F)F)c1)c1cc(C(F)(F)F)nc(C(F)(F)F)c1. The molecule has 0 saturated heterocycles. The second-order valence-electron chi connectivity index (χ2n) is 7.05. The first-order chi connectivity index (χ1) is 15.6. The maximum absolute atomic E-state index is 13.1. The third-order valence-corrected chi connectivity index (χ3v) is 4.52. The number of nitrogens with zero attached hydrogens (tertiary/aromatic N) is 2. The largest absolute Gasteiger partial charge is 0.433 e. The van der Waals surface area contributed by atoms with Crippen molar-refractivity contribution < 1.29 is 62.9 Å². The van der Waals surface area contributed by atoms with Crippen LogP contribution < -0.4 is 5.32 Å². The van der Waals surface area contributed by atoms with Crippen molar-refractivity contribution in [1.82, 2.24) is 15.3 Å². The first kappa shape index (κ1) is 28.6. The van der Waals surface area contributed by atoms with E-state index in [0.29, 0.717) is 0 Å². The van der Waals surface area contributed by atoms with Gasteiger partial charge in [0.05, 0.1) is 0 Å². The van der Waals surface area contributed by atoms with E-state index >= 15 is 0 Å². The van der Waals surface area contributed by atoms with E-state index in [1.807, 2.05) is 0 Å². The highest BCUT2D eigenvalue weighted by Crippen LogP contribution is 2.38. The van der Waals surface area contributed by atoms with Crippen LogP contribution in [0.5, 0.6) is 0 Å². The van der Waals surface area contributed by atoms with E-state index in [4.69, 9.17) is 0 Å². The number of aliphatic hydroxyl groups is 2. The minimum absolute atomic E-state index is 0.0205. The first-order valence-electron chi connectivity index (χ1n) is 9.09. The minimum atomic E-state index is -5.43. The molecule has 17 heteroatoms. The van der Waals surface area contributed by atoms with Crippen LogP contribution in [-0.2, 0) is 30.4 Å². The molecule has 2 aromatic heterocycles. The van der Waals surface area contributed by atoms with E-state index in [1.54, 1.807) is 5.32 Å². The van der Waals surface area contributed by atoms with Gasteiger partial charge in [0.2, 0.25) is 0 Å². The molecule has 2 heterocycles. The summed E-state index contributed by atoms with van der Waals surface area (Å²) in [4.78, 5) is 4.83. The number of pyridine rings is 2. The lowest BCUT2D eigenvalue weighted by Crippen LogP contribution is -2.44. The van der Waals surface area contributed by atoms with Crippen LogP contribution in [0.25, 0.3) is 0 Å². The van der Waals surface area contributed by atoms with E-state index in [-0.39, 0.29) is 24.3 Å². The maximum atomic E-state index is 13.1. The predicted octanol–water partition coefficient (Wildman–Crippen LogP) is 5.39. The highest BCUT2D eigenvalue weighted by molar-refractivity contribution is 5.31. The number of nitrogens with one attached hydrogen (secondary N) is 1. The van der Waals surface area contributed by atoms with Gasteiger partial charge in [-0.05, 0) is 36.2 Å². The van der Waals surface area contributed by atoms with Crippen molar-refractivity contribution in [2.45, 2.75) is 50.0 Å². The number of rotatable bonds is 5. The average molecular weight is 531 g/mol. The molecule has 0 aliphatic heterocycles. The van der Waals surface area contributed by atoms with Gasteiger partial charge in [0.25, 0.3) is 0 Å². The van der Waals surface area contributed by atoms with E-state index in [1.165, 1.54) is 0 Å². The molecule has 2 aromatic rings. The van der Waals surface area contributed by atoms with Gasteiger partial charge in [0.15, 0.2) is 0 Å². The van der Waals surface area contributed by atoms with Crippen molar-refractivity contribution in [3.63, 3.8) is 0 Å². The molecule has 0 aliphatic carbocycles. The van der Waals surface area contributed by atoms with E-state index in [9.17, 15) is 62.9 Å². The van der Waals surface area contributed by atoms with Gasteiger partial charge in [-0.2, -0.15) is 52.7 Å². The molecule has 2 unspecified atom stereocenters. The van der Waals surface area contributed by atoms with Crippen molar-refractivity contribution in [1.29, 1.82) is 0 Å². The highest BCUT2D eigenvalue weighted by Gasteiger charge is 2.43. The first-order valence-corrected chi connectivity index (χ1v) is 9.09. The van der Waals surface area contributed by atoms with Crippen LogP contribution in [0.3, 0.4) is 0 Å². The third-order valence-electron chi connectivity index (χ3n) is 4.52. The molecule has 3 N–H and O–H groups in total. The van der Waals surface area contributed by atoms with Crippen molar-refractivity contribution in [3.8, 4) is 0 Å². The second-order valence-corrected chi connectivity index (χ2v) is 7.05. The smallest absolute Gasteiger partial charge is 0.374 e. The minimum Gasteiger partial charge on any atom is -0.374 e. The Balaban J connectivity index is 2.61. The molecular weight excluding hydrogens is 518 g/mol. The third kappa shape index (κ3) is 6.72. The summed E-state index contributed by atoms with van der Waals surface area (Å²) in [5.74, 6) is 0. The van der Waals surface area contributed by atoms with Crippen molar-refractivity contribution in [3.05, 3.63) is 58.2 Å². The fourth-order valence-electron chi connectivity index (χ4n) is 2.76. The molecule has 196 valence electrons. The maximum Gasteiger partial charge on any atom is 0.433 e. The van der Waals surface area contributed by atoms with Crippen molar-refractivity contribution >= 4 is 0 Å². The van der Waals surface area contributed by atoms with Crippen LogP contribution in [0.2, 0.25) is 0 Å². The van der Waals surface area contributed by atoms with Gasteiger partial charge in [-0.25, -0.2) is 9.97 Å². The fourth-order valence-corrected chi connectivity index (χ4v) is 2.76. The monoisotopic (exact) mass is 531 g/mol. The van der Waals surface area contributed by atoms with Crippen LogP contribution in [0.15, 0.2) is 24.3 Å². The normalized spacial score (nSPS) is 16.2. The lowest BCUT2D eigenvalue weighted by Gasteiger charge is -2.32. The van der Waals surface area contributed by atoms with Gasteiger partial charge in [0.1, 0.15) is 34.7 Å². The van der Waals surface area contributed by atoms with Gasteiger partial charge in [-0.1, -0.05) is 6.92 Å². The lowest BCUT2D eigenvalue weighted by atomic mass is 9.97. The molecule has 0 fully saturated rings. The van der Waals surface area contributed by atoms with Gasteiger partial charge >= 0.3 is 24.7 Å². The number of hydrogen-bond donors (Lipinski definition) is 3. The summed E-state index contributed by atoms with van der Waals surface area (Å²) in [7, 11) is 0. The molecule has 2 rings (SSSR count). The van der Waals surface area contributed by atoms with Crippen LogP contribution in [0.4, 0.5) is 52.7 Å². The molecule has 0 amide bonds. The van der Waals surface area contributed by atoms with E-state index in [2.05, 4.69) is 9.97 Å². The molecule has 2 atom stereocenters. The topological polar surface area (TPSA) is 78.3 Å². The Kier molecular flexibility index (Phi) is 7.42. The van der Waals surface area contributed by atoms with Gasteiger partial charge in [-0.3, -0.25) is 5.32 Å². The molecule has 0 aliphatic rings. The summed E-state index contributed by atoms with van der Waals surface area (Å²) in [6.07, 6.45) is -25.2. The molecule has 0 saturated carbocycles. The zero-order valence-electron chi connectivity index (χ0n) is 16.9. The fraction of sp³-hybridized carbons (Fsp3) is 0.444. The van der Waals surface area contributed by atoms with E-state index in [0.717, 1.165) is 6.92 Å². The zero-order chi connectivity index (χ0) is 27.2. The number of aromatic nitrogens is 2. The van der Waals surface area contributed by atoms with Crippen molar-refractivity contribution in [2.75, 3.05) is 0 Å². The Labute approximate surface area is 187 Å².